The molecule has 0 saturated carbocycles. The van der Waals surface area contributed by atoms with Gasteiger partial charge in [0.25, 0.3) is 5.89 Å². The molecular weight excluding hydrogens is 272 g/mol. The topological polar surface area (TPSA) is 84.4 Å². The van der Waals surface area contributed by atoms with Crippen LogP contribution in [0.15, 0.2) is 27.2 Å². The van der Waals surface area contributed by atoms with Crippen molar-refractivity contribution in [3.63, 3.8) is 0 Å². The first-order chi connectivity index (χ1) is 10.1. The van der Waals surface area contributed by atoms with Gasteiger partial charge >= 0.3 is 0 Å². The molecule has 0 saturated heterocycles. The van der Waals surface area contributed by atoms with Gasteiger partial charge in [-0.25, -0.2) is 0 Å². The van der Waals surface area contributed by atoms with Crippen molar-refractivity contribution in [1.82, 2.24) is 20.4 Å². The summed E-state index contributed by atoms with van der Waals surface area (Å²) in [6, 6.07) is 3.64. The Morgan fingerprint density at radius 3 is 2.86 bits per heavy atom. The Labute approximate surface area is 123 Å². The first-order valence-corrected chi connectivity index (χ1v) is 6.96. The standard InChI is InChI=1S/C14H20N4O3/c1-4-18(8-12(19)15-10(2)3)9-13-16-17-14(21-13)11-6-5-7-20-11/h5-7,10H,4,8-9H2,1-3H3,(H,15,19). The molecule has 0 fully saturated rings. The highest BCUT2D eigenvalue weighted by Crippen LogP contribution is 2.18. The third-order valence-corrected chi connectivity index (χ3v) is 2.82. The monoisotopic (exact) mass is 292 g/mol. The first kappa shape index (κ1) is 15.2. The summed E-state index contributed by atoms with van der Waals surface area (Å²) in [6.07, 6.45) is 1.55. The molecular formula is C14H20N4O3. The predicted molar refractivity (Wildman–Crippen MR) is 76.2 cm³/mol. The van der Waals surface area contributed by atoms with E-state index in [0.717, 1.165) is 0 Å². The van der Waals surface area contributed by atoms with Gasteiger partial charge in [-0.2, -0.15) is 0 Å². The van der Waals surface area contributed by atoms with Gasteiger partial charge in [0.15, 0.2) is 5.76 Å². The Bertz CT molecular complexity index is 563. The van der Waals surface area contributed by atoms with Crippen LogP contribution in [0.5, 0.6) is 0 Å². The number of furan rings is 1. The number of nitrogens with one attached hydrogen (secondary N) is 1. The van der Waals surface area contributed by atoms with Crippen molar-refractivity contribution in [2.24, 2.45) is 0 Å². The highest BCUT2D eigenvalue weighted by molar-refractivity contribution is 5.78. The van der Waals surface area contributed by atoms with E-state index in [2.05, 4.69) is 15.5 Å². The van der Waals surface area contributed by atoms with Crippen molar-refractivity contribution in [1.29, 1.82) is 0 Å². The van der Waals surface area contributed by atoms with E-state index in [1.807, 2.05) is 25.7 Å². The lowest BCUT2D eigenvalue weighted by atomic mass is 10.3. The Morgan fingerprint density at radius 2 is 2.24 bits per heavy atom. The zero-order valence-electron chi connectivity index (χ0n) is 12.5. The van der Waals surface area contributed by atoms with E-state index < -0.39 is 0 Å². The van der Waals surface area contributed by atoms with Gasteiger partial charge in [-0.1, -0.05) is 6.92 Å². The Kier molecular flexibility index (Phi) is 5.10. The lowest BCUT2D eigenvalue weighted by molar-refractivity contribution is -0.122. The van der Waals surface area contributed by atoms with E-state index in [4.69, 9.17) is 8.83 Å². The minimum atomic E-state index is -0.0161. The van der Waals surface area contributed by atoms with Crippen molar-refractivity contribution < 1.29 is 13.6 Å². The number of aromatic nitrogens is 2. The van der Waals surface area contributed by atoms with Crippen molar-refractivity contribution in [3.8, 4) is 11.7 Å². The molecule has 2 rings (SSSR count). The van der Waals surface area contributed by atoms with Gasteiger partial charge in [0, 0.05) is 6.04 Å². The average molecular weight is 292 g/mol. The summed E-state index contributed by atoms with van der Waals surface area (Å²) in [5, 5.41) is 10.8. The minimum Gasteiger partial charge on any atom is -0.459 e. The summed E-state index contributed by atoms with van der Waals surface area (Å²) >= 11 is 0. The van der Waals surface area contributed by atoms with Gasteiger partial charge in [-0.15, -0.1) is 10.2 Å². The maximum absolute atomic E-state index is 11.8. The maximum Gasteiger partial charge on any atom is 0.283 e. The van der Waals surface area contributed by atoms with Crippen LogP contribution >= 0.6 is 0 Å². The van der Waals surface area contributed by atoms with Crippen LogP contribution < -0.4 is 5.32 Å². The quantitative estimate of drug-likeness (QED) is 0.835. The summed E-state index contributed by atoms with van der Waals surface area (Å²) in [4.78, 5) is 13.7. The second kappa shape index (κ2) is 7.03. The molecule has 0 aliphatic rings. The molecule has 0 aliphatic carbocycles. The number of hydrogen-bond acceptors (Lipinski definition) is 6. The number of amides is 1. The zero-order chi connectivity index (χ0) is 15.2. The third-order valence-electron chi connectivity index (χ3n) is 2.82. The van der Waals surface area contributed by atoms with Crippen molar-refractivity contribution in [2.75, 3.05) is 13.1 Å². The summed E-state index contributed by atoms with van der Waals surface area (Å²) in [7, 11) is 0. The van der Waals surface area contributed by atoms with Gasteiger partial charge in [-0.05, 0) is 32.5 Å². The molecule has 2 aromatic rings. The Morgan fingerprint density at radius 1 is 1.43 bits per heavy atom. The summed E-state index contributed by atoms with van der Waals surface area (Å²) < 4.78 is 10.7. The number of likely N-dealkylation sites (N-methyl/N-ethyl adjacent to an activating group) is 1. The number of rotatable bonds is 7. The third kappa shape index (κ3) is 4.42. The first-order valence-electron chi connectivity index (χ1n) is 6.96. The number of hydrogen-bond donors (Lipinski definition) is 1. The van der Waals surface area contributed by atoms with E-state index in [1.165, 1.54) is 0 Å². The van der Waals surface area contributed by atoms with Gasteiger partial charge in [0.05, 0.1) is 19.4 Å². The van der Waals surface area contributed by atoms with E-state index >= 15 is 0 Å². The normalized spacial score (nSPS) is 11.3. The minimum absolute atomic E-state index is 0.0161. The molecule has 114 valence electrons. The van der Waals surface area contributed by atoms with Gasteiger partial charge in [0.1, 0.15) is 0 Å². The maximum atomic E-state index is 11.8. The van der Waals surface area contributed by atoms with Crippen LogP contribution in [0.25, 0.3) is 11.7 Å². The molecule has 2 heterocycles. The van der Waals surface area contributed by atoms with E-state index in [1.54, 1.807) is 18.4 Å². The van der Waals surface area contributed by atoms with Crippen molar-refractivity contribution in [2.45, 2.75) is 33.4 Å². The molecule has 0 aromatic carbocycles. The van der Waals surface area contributed by atoms with Crippen LogP contribution in [0, 0.1) is 0 Å². The van der Waals surface area contributed by atoms with Crippen LogP contribution in [0.1, 0.15) is 26.7 Å². The average Bonchev–Trinajstić information content (AvgIpc) is 3.07. The molecule has 2 aromatic heterocycles. The van der Waals surface area contributed by atoms with E-state index in [0.29, 0.717) is 37.2 Å². The molecule has 1 amide bonds. The fraction of sp³-hybridized carbons (Fsp3) is 0.500. The largest absolute Gasteiger partial charge is 0.459 e. The molecule has 0 spiro atoms. The second-order valence-electron chi connectivity index (χ2n) is 5.00. The van der Waals surface area contributed by atoms with Gasteiger partial charge in [-0.3, -0.25) is 9.69 Å². The summed E-state index contributed by atoms with van der Waals surface area (Å²) in [5.74, 6) is 1.32. The van der Waals surface area contributed by atoms with E-state index in [9.17, 15) is 4.79 Å². The summed E-state index contributed by atoms with van der Waals surface area (Å²) in [5.41, 5.74) is 0. The van der Waals surface area contributed by atoms with Crippen LogP contribution in [0.4, 0.5) is 0 Å². The molecule has 7 nitrogen and oxygen atoms in total. The number of nitrogens with zero attached hydrogens (tertiary/aromatic N) is 3. The van der Waals surface area contributed by atoms with E-state index in [-0.39, 0.29) is 11.9 Å². The molecule has 0 aliphatic heterocycles. The Hall–Kier alpha value is -2.15. The SMILES string of the molecule is CCN(CC(=O)NC(C)C)Cc1nnc(-c2ccco2)o1. The molecule has 0 unspecified atom stereocenters. The van der Waals surface area contributed by atoms with Crippen molar-refractivity contribution >= 4 is 5.91 Å². The Balaban J connectivity index is 1.94. The summed E-state index contributed by atoms with van der Waals surface area (Å²) in [6.45, 7) is 7.28. The molecule has 7 heteroatoms. The fourth-order valence-corrected chi connectivity index (χ4v) is 1.86. The molecule has 0 bridgehead atoms. The highest BCUT2D eigenvalue weighted by Gasteiger charge is 2.15. The highest BCUT2D eigenvalue weighted by atomic mass is 16.4. The van der Waals surface area contributed by atoms with Crippen LogP contribution in [0.3, 0.4) is 0 Å². The van der Waals surface area contributed by atoms with Crippen LogP contribution in [-0.4, -0.2) is 40.1 Å². The van der Waals surface area contributed by atoms with Crippen LogP contribution in [-0.2, 0) is 11.3 Å². The number of carbonyl (C=O) groups excluding carboxylic acids is 1. The van der Waals surface area contributed by atoms with Gasteiger partial charge in [0.2, 0.25) is 11.8 Å². The smallest absolute Gasteiger partial charge is 0.283 e. The number of carbonyl (C=O) groups is 1. The fourth-order valence-electron chi connectivity index (χ4n) is 1.86. The van der Waals surface area contributed by atoms with Crippen LogP contribution in [0.2, 0.25) is 0 Å². The van der Waals surface area contributed by atoms with Gasteiger partial charge < -0.3 is 14.2 Å². The predicted octanol–water partition coefficient (Wildman–Crippen LogP) is 1.68. The molecule has 21 heavy (non-hydrogen) atoms. The van der Waals surface area contributed by atoms with Crippen molar-refractivity contribution in [3.05, 3.63) is 24.3 Å². The molecule has 0 radical (unpaired) electrons. The lowest BCUT2D eigenvalue weighted by Crippen LogP contribution is -2.39. The second-order valence-corrected chi connectivity index (χ2v) is 5.00. The zero-order valence-corrected chi connectivity index (χ0v) is 12.5. The molecule has 0 atom stereocenters. The molecule has 1 N–H and O–H groups in total. The lowest BCUT2D eigenvalue weighted by Gasteiger charge is -2.18.